The van der Waals surface area contributed by atoms with Gasteiger partial charge in [0.1, 0.15) is 5.82 Å². The summed E-state index contributed by atoms with van der Waals surface area (Å²) >= 11 is 0. The molecule has 2 aliphatic rings. The lowest BCUT2D eigenvalue weighted by Gasteiger charge is -2.41. The molecule has 2 aliphatic heterocycles. The largest absolute Gasteiger partial charge is 0.379 e. The molecular weight excluding hydrogens is 378 g/mol. The smallest absolute Gasteiger partial charge is 0.191 e. The van der Waals surface area contributed by atoms with Gasteiger partial charge in [0.15, 0.2) is 5.96 Å². The first-order chi connectivity index (χ1) is 14.5. The van der Waals surface area contributed by atoms with Crippen LogP contribution in [0.4, 0.5) is 5.82 Å². The number of pyridine rings is 1. The molecule has 0 amide bonds. The number of hydrogen-bond acceptors (Lipinski definition) is 6. The van der Waals surface area contributed by atoms with E-state index in [2.05, 4.69) is 64.2 Å². The highest BCUT2D eigenvalue weighted by atomic mass is 16.5. The minimum Gasteiger partial charge on any atom is -0.379 e. The maximum atomic E-state index is 5.50. The molecule has 0 aromatic carbocycles. The quantitative estimate of drug-likeness (QED) is 0.507. The minimum atomic E-state index is 0.0409. The third-order valence-corrected chi connectivity index (χ3v) is 5.98. The van der Waals surface area contributed by atoms with Crippen LogP contribution in [0.1, 0.15) is 26.3 Å². The summed E-state index contributed by atoms with van der Waals surface area (Å²) in [5.41, 5.74) is 1.21. The molecule has 0 spiro atoms. The van der Waals surface area contributed by atoms with E-state index in [0.29, 0.717) is 6.54 Å². The topological polar surface area (TPSA) is 68.3 Å². The van der Waals surface area contributed by atoms with Gasteiger partial charge in [-0.05, 0) is 33.9 Å². The lowest BCUT2D eigenvalue weighted by molar-refractivity contribution is -0.00834. The van der Waals surface area contributed by atoms with Crippen LogP contribution in [-0.2, 0) is 11.3 Å². The second-order valence-corrected chi connectivity index (χ2v) is 8.74. The van der Waals surface area contributed by atoms with E-state index in [-0.39, 0.29) is 5.54 Å². The maximum Gasteiger partial charge on any atom is 0.191 e. The van der Waals surface area contributed by atoms with E-state index >= 15 is 0 Å². The van der Waals surface area contributed by atoms with Crippen molar-refractivity contribution in [2.24, 2.45) is 4.99 Å². The summed E-state index contributed by atoms with van der Waals surface area (Å²) in [6.07, 6.45) is 1.88. The maximum absolute atomic E-state index is 5.50. The van der Waals surface area contributed by atoms with Crippen molar-refractivity contribution in [3.63, 3.8) is 0 Å². The molecule has 30 heavy (non-hydrogen) atoms. The summed E-state index contributed by atoms with van der Waals surface area (Å²) in [5, 5.41) is 6.94. The number of anilines is 1. The van der Waals surface area contributed by atoms with Crippen molar-refractivity contribution >= 4 is 11.8 Å². The molecule has 0 saturated carbocycles. The van der Waals surface area contributed by atoms with Crippen LogP contribution in [-0.4, -0.2) is 98.9 Å². The van der Waals surface area contributed by atoms with Crippen LogP contribution < -0.4 is 15.5 Å². The molecule has 0 aliphatic carbocycles. The van der Waals surface area contributed by atoms with Crippen molar-refractivity contribution in [1.29, 1.82) is 0 Å². The fourth-order valence-electron chi connectivity index (χ4n) is 3.94. The monoisotopic (exact) mass is 417 g/mol. The fraction of sp³-hybridized carbons (Fsp3) is 0.727. The third kappa shape index (κ3) is 6.30. The molecular formula is C22H39N7O. The van der Waals surface area contributed by atoms with Gasteiger partial charge in [-0.25, -0.2) is 9.98 Å². The fourth-order valence-corrected chi connectivity index (χ4v) is 3.94. The molecule has 2 saturated heterocycles. The first kappa shape index (κ1) is 22.8. The molecule has 1 aromatic rings. The summed E-state index contributed by atoms with van der Waals surface area (Å²) in [7, 11) is 2.17. The zero-order valence-corrected chi connectivity index (χ0v) is 19.2. The predicted molar refractivity (Wildman–Crippen MR) is 123 cm³/mol. The van der Waals surface area contributed by atoms with E-state index in [4.69, 9.17) is 9.73 Å². The summed E-state index contributed by atoms with van der Waals surface area (Å²) in [5.74, 6) is 1.92. The molecule has 1 aromatic heterocycles. The van der Waals surface area contributed by atoms with E-state index in [1.54, 1.807) is 0 Å². The van der Waals surface area contributed by atoms with Gasteiger partial charge in [0.25, 0.3) is 0 Å². The average Bonchev–Trinajstić information content (AvgIpc) is 2.77. The third-order valence-electron chi connectivity index (χ3n) is 5.98. The van der Waals surface area contributed by atoms with Gasteiger partial charge in [0.05, 0.1) is 19.8 Å². The van der Waals surface area contributed by atoms with Crippen LogP contribution in [0.3, 0.4) is 0 Å². The highest BCUT2D eigenvalue weighted by Crippen LogP contribution is 2.20. The molecule has 3 heterocycles. The van der Waals surface area contributed by atoms with Gasteiger partial charge in [0.2, 0.25) is 0 Å². The molecule has 8 heteroatoms. The average molecular weight is 418 g/mol. The molecule has 2 N–H and O–H groups in total. The van der Waals surface area contributed by atoms with Gasteiger partial charge < -0.3 is 25.2 Å². The summed E-state index contributed by atoms with van der Waals surface area (Å²) < 4.78 is 5.50. The van der Waals surface area contributed by atoms with Gasteiger partial charge in [0, 0.05) is 69.7 Å². The lowest BCUT2D eigenvalue weighted by atomic mass is 10.0. The van der Waals surface area contributed by atoms with Gasteiger partial charge in [-0.3, -0.25) is 4.90 Å². The Hall–Kier alpha value is -1.90. The number of aromatic nitrogens is 1. The van der Waals surface area contributed by atoms with Crippen molar-refractivity contribution < 1.29 is 4.74 Å². The first-order valence-electron chi connectivity index (χ1n) is 11.2. The minimum absolute atomic E-state index is 0.0409. The van der Waals surface area contributed by atoms with Crippen molar-refractivity contribution in [3.8, 4) is 0 Å². The number of aliphatic imine (C=N–C) groups is 1. The molecule has 0 unspecified atom stereocenters. The zero-order valence-electron chi connectivity index (χ0n) is 19.2. The molecule has 0 radical (unpaired) electrons. The van der Waals surface area contributed by atoms with Crippen LogP contribution in [0.25, 0.3) is 0 Å². The summed E-state index contributed by atoms with van der Waals surface area (Å²) in [4.78, 5) is 16.8. The van der Waals surface area contributed by atoms with Crippen molar-refractivity contribution in [2.45, 2.75) is 32.9 Å². The first-order valence-corrected chi connectivity index (χ1v) is 11.2. The van der Waals surface area contributed by atoms with E-state index in [9.17, 15) is 0 Å². The van der Waals surface area contributed by atoms with Gasteiger partial charge in [-0.1, -0.05) is 6.07 Å². The Morgan fingerprint density at radius 2 is 1.87 bits per heavy atom. The van der Waals surface area contributed by atoms with Crippen LogP contribution in [0.2, 0.25) is 0 Å². The van der Waals surface area contributed by atoms with Gasteiger partial charge >= 0.3 is 0 Å². The zero-order chi connectivity index (χ0) is 21.4. The van der Waals surface area contributed by atoms with Crippen molar-refractivity contribution in [3.05, 3.63) is 23.9 Å². The van der Waals surface area contributed by atoms with E-state index in [1.165, 1.54) is 5.56 Å². The molecule has 168 valence electrons. The van der Waals surface area contributed by atoms with Crippen molar-refractivity contribution in [2.75, 3.05) is 77.5 Å². The Kier molecular flexibility index (Phi) is 8.30. The van der Waals surface area contributed by atoms with Gasteiger partial charge in [-0.15, -0.1) is 0 Å². The second kappa shape index (κ2) is 10.9. The summed E-state index contributed by atoms with van der Waals surface area (Å²) in [6.45, 7) is 16.7. The van der Waals surface area contributed by atoms with E-state index in [1.807, 2.05) is 12.3 Å². The second-order valence-electron chi connectivity index (χ2n) is 8.74. The number of ether oxygens (including phenoxy) is 1. The van der Waals surface area contributed by atoms with Crippen molar-refractivity contribution in [1.82, 2.24) is 25.4 Å². The normalized spacial score (nSPS) is 19.7. The Bertz CT molecular complexity index is 680. The number of piperazine rings is 1. The Morgan fingerprint density at radius 1 is 1.13 bits per heavy atom. The number of nitrogens with one attached hydrogen (secondary N) is 2. The highest BCUT2D eigenvalue weighted by Gasteiger charge is 2.28. The van der Waals surface area contributed by atoms with E-state index in [0.717, 1.165) is 77.3 Å². The number of rotatable bonds is 7. The number of nitrogens with zero attached hydrogens (tertiary/aromatic N) is 5. The molecule has 8 nitrogen and oxygen atoms in total. The number of morpholine rings is 1. The molecule has 0 atom stereocenters. The number of hydrogen-bond donors (Lipinski definition) is 2. The van der Waals surface area contributed by atoms with Crippen LogP contribution in [0.5, 0.6) is 0 Å². The SMILES string of the molecule is CCNC(=NCc1cccnc1N1CCN(C)CC1)NCC(C)(C)N1CCOCC1. The molecule has 2 fully saturated rings. The molecule has 3 rings (SSSR count). The Balaban J connectivity index is 1.63. The Morgan fingerprint density at radius 3 is 2.57 bits per heavy atom. The van der Waals surface area contributed by atoms with Gasteiger partial charge in [-0.2, -0.15) is 0 Å². The number of guanidine groups is 1. The lowest BCUT2D eigenvalue weighted by Crippen LogP contribution is -2.56. The van der Waals surface area contributed by atoms with Crippen LogP contribution in [0.15, 0.2) is 23.3 Å². The van der Waals surface area contributed by atoms with E-state index < -0.39 is 0 Å². The standard InChI is InChI=1S/C22H39N7O/c1-5-23-21(26-18-22(2,3)29-13-15-30-16-14-29)25-17-19-7-6-8-24-20(19)28-11-9-27(4)10-12-28/h6-8H,5,9-18H2,1-4H3,(H2,23,25,26). The predicted octanol–water partition coefficient (Wildman–Crippen LogP) is 0.999. The highest BCUT2D eigenvalue weighted by molar-refractivity contribution is 5.79. The van der Waals surface area contributed by atoms with Crippen LogP contribution in [0, 0.1) is 0 Å². The van der Waals surface area contributed by atoms with Crippen LogP contribution >= 0.6 is 0 Å². The molecule has 0 bridgehead atoms. The summed E-state index contributed by atoms with van der Waals surface area (Å²) in [6, 6.07) is 4.15. The number of likely N-dealkylation sites (N-methyl/N-ethyl adjacent to an activating group) is 1. The Labute approximate surface area is 181 Å².